The number of anilines is 1. The van der Waals surface area contributed by atoms with Gasteiger partial charge in [-0.05, 0) is 45.4 Å². The fourth-order valence-electron chi connectivity index (χ4n) is 2.73. The summed E-state index contributed by atoms with van der Waals surface area (Å²) < 4.78 is 6.19. The fourth-order valence-corrected chi connectivity index (χ4v) is 2.73. The Labute approximate surface area is 116 Å². The molecule has 106 valence electrons. The minimum Gasteiger partial charge on any atom is -0.474 e. The van der Waals surface area contributed by atoms with Gasteiger partial charge >= 0.3 is 0 Å². The van der Waals surface area contributed by atoms with Crippen molar-refractivity contribution in [3.8, 4) is 5.88 Å². The first-order valence-corrected chi connectivity index (χ1v) is 7.48. The predicted octanol–water partition coefficient (Wildman–Crippen LogP) is 3.56. The summed E-state index contributed by atoms with van der Waals surface area (Å²) in [6.45, 7) is 7.12. The van der Waals surface area contributed by atoms with Gasteiger partial charge in [0.1, 0.15) is 6.10 Å². The van der Waals surface area contributed by atoms with Crippen LogP contribution in [0.15, 0.2) is 6.20 Å². The molecular formula is C15H25N3O. The van der Waals surface area contributed by atoms with E-state index in [-0.39, 0.29) is 0 Å². The molecule has 0 spiro atoms. The lowest BCUT2D eigenvalue weighted by Gasteiger charge is -2.31. The van der Waals surface area contributed by atoms with E-state index < -0.39 is 0 Å². The van der Waals surface area contributed by atoms with E-state index in [9.17, 15) is 0 Å². The van der Waals surface area contributed by atoms with Crippen molar-refractivity contribution < 1.29 is 4.74 Å². The van der Waals surface area contributed by atoms with Crippen molar-refractivity contribution >= 4 is 5.95 Å². The van der Waals surface area contributed by atoms with Crippen LogP contribution in [0.3, 0.4) is 0 Å². The van der Waals surface area contributed by atoms with Crippen molar-refractivity contribution in [2.24, 2.45) is 5.92 Å². The first kappa shape index (κ1) is 14.1. The van der Waals surface area contributed by atoms with E-state index in [4.69, 9.17) is 4.74 Å². The van der Waals surface area contributed by atoms with Crippen LogP contribution < -0.4 is 10.1 Å². The number of nitrogens with one attached hydrogen (secondary N) is 1. The summed E-state index contributed by atoms with van der Waals surface area (Å²) in [6, 6.07) is 0. The summed E-state index contributed by atoms with van der Waals surface area (Å²) in [4.78, 5) is 8.74. The molecule has 1 aromatic rings. The molecule has 1 aliphatic rings. The van der Waals surface area contributed by atoms with Crippen LogP contribution in [0.4, 0.5) is 5.95 Å². The van der Waals surface area contributed by atoms with Gasteiger partial charge in [0.15, 0.2) is 0 Å². The van der Waals surface area contributed by atoms with Gasteiger partial charge in [-0.1, -0.05) is 13.3 Å². The molecule has 1 aromatic heterocycles. The summed E-state index contributed by atoms with van der Waals surface area (Å²) in [6.07, 6.45) is 8.39. The third-order valence-corrected chi connectivity index (χ3v) is 3.89. The summed E-state index contributed by atoms with van der Waals surface area (Å²) in [7, 11) is 0. The molecule has 1 saturated carbocycles. The Balaban J connectivity index is 2.10. The number of rotatable bonds is 5. The van der Waals surface area contributed by atoms with E-state index in [0.717, 1.165) is 24.4 Å². The molecule has 1 fully saturated rings. The lowest BCUT2D eigenvalue weighted by Crippen LogP contribution is -2.30. The standard InChI is InChI=1S/C15H25N3O/c1-4-12-8-6-7-9-13(12)19-14-11(3)10-17-15(18-14)16-5-2/h10,12-13H,4-9H2,1-3H3,(H,16,17,18). The van der Waals surface area contributed by atoms with E-state index in [1.54, 1.807) is 0 Å². The first-order chi connectivity index (χ1) is 9.24. The maximum atomic E-state index is 6.19. The van der Waals surface area contributed by atoms with Gasteiger partial charge in [-0.3, -0.25) is 0 Å². The Bertz CT molecular complexity index is 408. The molecule has 0 radical (unpaired) electrons. The highest BCUT2D eigenvalue weighted by atomic mass is 16.5. The molecule has 4 heteroatoms. The third-order valence-electron chi connectivity index (χ3n) is 3.89. The molecule has 2 rings (SSSR count). The molecule has 2 atom stereocenters. The van der Waals surface area contributed by atoms with Gasteiger partial charge in [0.2, 0.25) is 11.8 Å². The van der Waals surface area contributed by atoms with Crippen molar-refractivity contribution in [3.63, 3.8) is 0 Å². The minimum atomic E-state index is 0.321. The quantitative estimate of drug-likeness (QED) is 0.882. The monoisotopic (exact) mass is 263 g/mol. The van der Waals surface area contributed by atoms with Crippen LogP contribution in [-0.4, -0.2) is 22.6 Å². The smallest absolute Gasteiger partial charge is 0.225 e. The molecule has 2 unspecified atom stereocenters. The van der Waals surface area contributed by atoms with Crippen molar-refractivity contribution in [1.29, 1.82) is 0 Å². The lowest BCUT2D eigenvalue weighted by molar-refractivity contribution is 0.0851. The Morgan fingerprint density at radius 3 is 2.84 bits per heavy atom. The highest BCUT2D eigenvalue weighted by molar-refractivity contribution is 5.32. The van der Waals surface area contributed by atoms with Crippen LogP contribution in [0, 0.1) is 12.8 Å². The third kappa shape index (κ3) is 3.58. The molecule has 0 aliphatic heterocycles. The second kappa shape index (κ2) is 6.73. The van der Waals surface area contributed by atoms with Gasteiger partial charge in [0, 0.05) is 18.3 Å². The number of hydrogen-bond donors (Lipinski definition) is 1. The lowest BCUT2D eigenvalue weighted by atomic mass is 9.85. The molecular weight excluding hydrogens is 238 g/mol. The number of hydrogen-bond acceptors (Lipinski definition) is 4. The number of nitrogens with zero attached hydrogens (tertiary/aromatic N) is 2. The van der Waals surface area contributed by atoms with Crippen LogP contribution >= 0.6 is 0 Å². The van der Waals surface area contributed by atoms with Gasteiger partial charge in [-0.2, -0.15) is 4.98 Å². The largest absolute Gasteiger partial charge is 0.474 e. The van der Waals surface area contributed by atoms with Crippen molar-refractivity contribution in [3.05, 3.63) is 11.8 Å². The Morgan fingerprint density at radius 1 is 1.32 bits per heavy atom. The maximum Gasteiger partial charge on any atom is 0.225 e. The Hall–Kier alpha value is -1.32. The van der Waals surface area contributed by atoms with Crippen molar-refractivity contribution in [2.45, 2.75) is 59.0 Å². The summed E-state index contributed by atoms with van der Waals surface area (Å²) in [5.74, 6) is 2.08. The van der Waals surface area contributed by atoms with Crippen LogP contribution in [0.2, 0.25) is 0 Å². The van der Waals surface area contributed by atoms with Crippen LogP contribution in [0.1, 0.15) is 51.5 Å². The molecule has 19 heavy (non-hydrogen) atoms. The molecule has 4 nitrogen and oxygen atoms in total. The zero-order valence-corrected chi connectivity index (χ0v) is 12.3. The van der Waals surface area contributed by atoms with Crippen LogP contribution in [-0.2, 0) is 0 Å². The predicted molar refractivity (Wildman–Crippen MR) is 77.6 cm³/mol. The zero-order valence-electron chi connectivity index (χ0n) is 12.3. The van der Waals surface area contributed by atoms with Crippen LogP contribution in [0.5, 0.6) is 5.88 Å². The average molecular weight is 263 g/mol. The minimum absolute atomic E-state index is 0.321. The SMILES string of the molecule is CCNc1ncc(C)c(OC2CCCCC2CC)n1. The van der Waals surface area contributed by atoms with Crippen molar-refractivity contribution in [1.82, 2.24) is 9.97 Å². The molecule has 1 N–H and O–H groups in total. The fraction of sp³-hybridized carbons (Fsp3) is 0.733. The zero-order chi connectivity index (χ0) is 13.7. The summed E-state index contributed by atoms with van der Waals surface area (Å²) in [5, 5.41) is 3.14. The molecule has 0 bridgehead atoms. The van der Waals surface area contributed by atoms with E-state index >= 15 is 0 Å². The molecule has 0 aromatic carbocycles. The van der Waals surface area contributed by atoms with Gasteiger partial charge in [-0.15, -0.1) is 0 Å². The van der Waals surface area contributed by atoms with Gasteiger partial charge < -0.3 is 10.1 Å². The van der Waals surface area contributed by atoms with E-state index in [1.807, 2.05) is 20.0 Å². The molecule has 0 amide bonds. The van der Waals surface area contributed by atoms with Gasteiger partial charge in [-0.25, -0.2) is 4.98 Å². The molecule has 0 saturated heterocycles. The maximum absolute atomic E-state index is 6.19. The van der Waals surface area contributed by atoms with E-state index in [0.29, 0.717) is 18.0 Å². The number of ether oxygens (including phenoxy) is 1. The highest BCUT2D eigenvalue weighted by Gasteiger charge is 2.26. The molecule has 1 heterocycles. The summed E-state index contributed by atoms with van der Waals surface area (Å²) >= 11 is 0. The topological polar surface area (TPSA) is 47.0 Å². The first-order valence-electron chi connectivity index (χ1n) is 7.48. The van der Waals surface area contributed by atoms with Crippen LogP contribution in [0.25, 0.3) is 0 Å². The second-order valence-electron chi connectivity index (χ2n) is 5.32. The second-order valence-corrected chi connectivity index (χ2v) is 5.32. The van der Waals surface area contributed by atoms with Crippen molar-refractivity contribution in [2.75, 3.05) is 11.9 Å². The average Bonchev–Trinajstić information content (AvgIpc) is 2.43. The normalized spacial score (nSPS) is 23.1. The Kier molecular flexibility index (Phi) is 5.00. The number of aryl methyl sites for hydroxylation is 1. The highest BCUT2D eigenvalue weighted by Crippen LogP contribution is 2.30. The number of aromatic nitrogens is 2. The van der Waals surface area contributed by atoms with Gasteiger partial charge in [0.25, 0.3) is 0 Å². The van der Waals surface area contributed by atoms with E-state index in [1.165, 1.54) is 25.7 Å². The van der Waals surface area contributed by atoms with E-state index in [2.05, 4.69) is 22.2 Å². The summed E-state index contributed by atoms with van der Waals surface area (Å²) in [5.41, 5.74) is 1.02. The molecule has 1 aliphatic carbocycles. The van der Waals surface area contributed by atoms with Gasteiger partial charge in [0.05, 0.1) is 0 Å². The Morgan fingerprint density at radius 2 is 2.11 bits per heavy atom.